The molecule has 1 aliphatic heterocycles. The molecule has 138 valence electrons. The van der Waals surface area contributed by atoms with Crippen LogP contribution in [-0.4, -0.2) is 67.0 Å². The summed E-state index contributed by atoms with van der Waals surface area (Å²) >= 11 is 0. The van der Waals surface area contributed by atoms with Gasteiger partial charge >= 0.3 is 5.82 Å². The predicted molar refractivity (Wildman–Crippen MR) is 94.6 cm³/mol. The molecule has 0 amide bonds. The van der Waals surface area contributed by atoms with Crippen LogP contribution in [0.4, 0.5) is 0 Å². The van der Waals surface area contributed by atoms with E-state index in [1.807, 2.05) is 18.2 Å². The summed E-state index contributed by atoms with van der Waals surface area (Å²) in [6, 6.07) is 7.86. The lowest BCUT2D eigenvalue weighted by Gasteiger charge is -2.38. The van der Waals surface area contributed by atoms with Crippen molar-refractivity contribution < 1.29 is 19.2 Å². The van der Waals surface area contributed by atoms with Crippen LogP contribution in [0.1, 0.15) is 5.56 Å². The molecule has 8 nitrogen and oxygen atoms in total. The molecule has 0 radical (unpaired) electrons. The fourth-order valence-electron chi connectivity index (χ4n) is 2.82. The van der Waals surface area contributed by atoms with Gasteiger partial charge in [-0.3, -0.25) is 5.32 Å². The van der Waals surface area contributed by atoms with Crippen molar-refractivity contribution in [2.75, 3.05) is 46.4 Å². The molecule has 0 aromatic heterocycles. The van der Waals surface area contributed by atoms with Gasteiger partial charge in [-0.2, -0.15) is 0 Å². The molecule has 1 saturated heterocycles. The second-order valence-electron chi connectivity index (χ2n) is 6.67. The molecule has 1 fully saturated rings. The zero-order valence-electron chi connectivity index (χ0n) is 14.6. The SMILES string of the molecule is C=C(NCC(O)COc1cccc(C[N+]2(C)CCNCC2)c1)[N+](=O)[O-]. The normalized spacial score (nSPS) is 17.5. The van der Waals surface area contributed by atoms with Gasteiger partial charge in [-0.15, -0.1) is 0 Å². The summed E-state index contributed by atoms with van der Waals surface area (Å²) in [7, 11) is 2.26. The first-order valence-corrected chi connectivity index (χ1v) is 8.39. The summed E-state index contributed by atoms with van der Waals surface area (Å²) in [6.45, 7) is 8.50. The minimum absolute atomic E-state index is 0.0153. The number of piperazine rings is 1. The second kappa shape index (κ2) is 8.80. The number of likely N-dealkylation sites (N-methyl/N-ethyl adjacent to an activating group) is 1. The second-order valence-corrected chi connectivity index (χ2v) is 6.67. The molecule has 0 spiro atoms. The van der Waals surface area contributed by atoms with Gasteiger partial charge in [0.1, 0.15) is 31.5 Å². The fraction of sp³-hybridized carbons (Fsp3) is 0.529. The monoisotopic (exact) mass is 351 g/mol. The number of aliphatic hydroxyl groups is 1. The van der Waals surface area contributed by atoms with Gasteiger partial charge in [0.05, 0.1) is 20.1 Å². The Balaban J connectivity index is 1.82. The number of ether oxygens (including phenoxy) is 1. The van der Waals surface area contributed by atoms with Crippen LogP contribution in [0.25, 0.3) is 0 Å². The summed E-state index contributed by atoms with van der Waals surface area (Å²) < 4.78 is 6.61. The molecule has 0 bridgehead atoms. The van der Waals surface area contributed by atoms with E-state index in [4.69, 9.17) is 4.74 Å². The summed E-state index contributed by atoms with van der Waals surface area (Å²) in [5.74, 6) is 0.348. The Morgan fingerprint density at radius 2 is 2.24 bits per heavy atom. The van der Waals surface area contributed by atoms with E-state index < -0.39 is 11.0 Å². The van der Waals surface area contributed by atoms with Crippen molar-refractivity contribution in [3.05, 3.63) is 52.3 Å². The van der Waals surface area contributed by atoms with Crippen LogP contribution in [0.3, 0.4) is 0 Å². The van der Waals surface area contributed by atoms with E-state index in [1.165, 1.54) is 5.56 Å². The molecule has 0 saturated carbocycles. The summed E-state index contributed by atoms with van der Waals surface area (Å²) in [6.07, 6.45) is -0.863. The largest absolute Gasteiger partial charge is 0.491 e. The summed E-state index contributed by atoms with van der Waals surface area (Å²) in [4.78, 5) is 9.82. The maximum absolute atomic E-state index is 10.4. The van der Waals surface area contributed by atoms with Gasteiger partial charge in [0.2, 0.25) is 0 Å². The van der Waals surface area contributed by atoms with Crippen LogP contribution in [0, 0.1) is 10.1 Å². The van der Waals surface area contributed by atoms with Crippen molar-refractivity contribution in [3.8, 4) is 5.75 Å². The minimum atomic E-state index is -0.863. The molecule has 1 heterocycles. The van der Waals surface area contributed by atoms with Gasteiger partial charge in [-0.05, 0) is 23.6 Å². The highest BCUT2D eigenvalue weighted by atomic mass is 16.6. The van der Waals surface area contributed by atoms with Crippen LogP contribution < -0.4 is 15.4 Å². The highest BCUT2D eigenvalue weighted by Crippen LogP contribution is 2.18. The number of nitro groups is 1. The highest BCUT2D eigenvalue weighted by molar-refractivity contribution is 5.28. The van der Waals surface area contributed by atoms with Crippen molar-refractivity contribution in [2.45, 2.75) is 12.6 Å². The molecule has 3 N–H and O–H groups in total. The first kappa shape index (κ1) is 19.2. The first-order valence-electron chi connectivity index (χ1n) is 8.39. The van der Waals surface area contributed by atoms with Crippen LogP contribution in [-0.2, 0) is 6.54 Å². The molecular formula is C17H27N4O4+. The zero-order valence-corrected chi connectivity index (χ0v) is 14.6. The third-order valence-corrected chi connectivity index (χ3v) is 4.32. The van der Waals surface area contributed by atoms with Crippen LogP contribution in [0.2, 0.25) is 0 Å². The first-order chi connectivity index (χ1) is 11.9. The molecule has 1 aromatic carbocycles. The van der Waals surface area contributed by atoms with E-state index >= 15 is 0 Å². The van der Waals surface area contributed by atoms with Gasteiger partial charge in [-0.25, -0.2) is 0 Å². The van der Waals surface area contributed by atoms with Gasteiger partial charge < -0.3 is 29.8 Å². The lowest BCUT2D eigenvalue weighted by atomic mass is 10.1. The van der Waals surface area contributed by atoms with Crippen molar-refractivity contribution in [2.24, 2.45) is 0 Å². The Labute approximate surface area is 147 Å². The van der Waals surface area contributed by atoms with Crippen LogP contribution in [0.15, 0.2) is 36.7 Å². The zero-order chi connectivity index (χ0) is 18.3. The maximum Gasteiger partial charge on any atom is 0.309 e. The Hall–Kier alpha value is -2.16. The summed E-state index contributed by atoms with van der Waals surface area (Å²) in [5.41, 5.74) is 1.19. The fourth-order valence-corrected chi connectivity index (χ4v) is 2.82. The average molecular weight is 351 g/mol. The molecule has 1 unspecified atom stereocenters. The topological polar surface area (TPSA) is 96.7 Å². The van der Waals surface area contributed by atoms with Gasteiger partial charge in [0.15, 0.2) is 0 Å². The van der Waals surface area contributed by atoms with Crippen LogP contribution in [0.5, 0.6) is 5.75 Å². The minimum Gasteiger partial charge on any atom is -0.491 e. The number of quaternary nitrogens is 1. The number of benzene rings is 1. The maximum atomic E-state index is 10.4. The number of aliphatic hydroxyl groups excluding tert-OH is 1. The molecule has 1 atom stereocenters. The van der Waals surface area contributed by atoms with E-state index in [0.29, 0.717) is 5.75 Å². The lowest BCUT2D eigenvalue weighted by molar-refractivity contribution is -0.924. The highest BCUT2D eigenvalue weighted by Gasteiger charge is 2.24. The smallest absolute Gasteiger partial charge is 0.309 e. The standard InChI is InChI=1S/C17H27N4O4/c1-14(20(23)24)19-11-16(22)13-25-17-5-3-4-15(10-17)12-21(2)8-6-18-7-9-21/h3-5,10,16,18-19,22H,1,6-9,11-13H2,2H3/q+1. The quantitative estimate of drug-likeness (QED) is 0.337. The van der Waals surface area contributed by atoms with E-state index in [9.17, 15) is 15.2 Å². The molecule has 25 heavy (non-hydrogen) atoms. The van der Waals surface area contributed by atoms with E-state index in [1.54, 1.807) is 0 Å². The van der Waals surface area contributed by atoms with Crippen molar-refractivity contribution >= 4 is 0 Å². The van der Waals surface area contributed by atoms with Gasteiger partial charge in [-0.1, -0.05) is 12.1 Å². The molecule has 1 aliphatic rings. The number of nitrogens with zero attached hydrogens (tertiary/aromatic N) is 2. The average Bonchev–Trinajstić information content (AvgIpc) is 2.58. The Bertz CT molecular complexity index is 602. The third-order valence-electron chi connectivity index (χ3n) is 4.32. The van der Waals surface area contributed by atoms with Crippen molar-refractivity contribution in [3.63, 3.8) is 0 Å². The molecule has 2 rings (SSSR count). The molecule has 0 aliphatic carbocycles. The van der Waals surface area contributed by atoms with E-state index in [0.717, 1.165) is 37.2 Å². The number of rotatable bonds is 9. The van der Waals surface area contributed by atoms with Gasteiger partial charge in [0.25, 0.3) is 0 Å². The Morgan fingerprint density at radius 3 is 2.92 bits per heavy atom. The van der Waals surface area contributed by atoms with Gasteiger partial charge in [0, 0.05) is 18.7 Å². The van der Waals surface area contributed by atoms with Crippen LogP contribution >= 0.6 is 0 Å². The number of hydrogen-bond donors (Lipinski definition) is 3. The molecular weight excluding hydrogens is 324 g/mol. The lowest BCUT2D eigenvalue weighted by Crippen LogP contribution is -2.55. The Kier molecular flexibility index (Phi) is 6.74. The molecule has 1 aromatic rings. The summed E-state index contributed by atoms with van der Waals surface area (Å²) in [5, 5.41) is 26.1. The van der Waals surface area contributed by atoms with Crippen molar-refractivity contribution in [1.82, 2.24) is 10.6 Å². The Morgan fingerprint density at radius 1 is 1.52 bits per heavy atom. The number of hydrogen-bond acceptors (Lipinski definition) is 6. The third kappa shape index (κ3) is 6.33. The van der Waals surface area contributed by atoms with E-state index in [2.05, 4.69) is 30.3 Å². The van der Waals surface area contributed by atoms with E-state index in [-0.39, 0.29) is 19.0 Å². The number of nitrogens with one attached hydrogen (secondary N) is 2. The molecule has 8 heteroatoms. The predicted octanol–water partition coefficient (Wildman–Crippen LogP) is 0.314. The van der Waals surface area contributed by atoms with Crippen molar-refractivity contribution in [1.29, 1.82) is 0 Å².